The molecule has 1 nitrogen and oxygen atoms in total. The normalized spacial score (nSPS) is 27.5. The molecule has 1 aliphatic rings. The van der Waals surface area contributed by atoms with Crippen molar-refractivity contribution in [1.29, 1.82) is 0 Å². The maximum atomic E-state index is 13.7. The van der Waals surface area contributed by atoms with Gasteiger partial charge in [-0.1, -0.05) is 13.3 Å². The number of hydrogen-bond acceptors (Lipinski definition) is 1. The lowest BCUT2D eigenvalue weighted by Crippen LogP contribution is -2.39. The van der Waals surface area contributed by atoms with Gasteiger partial charge in [-0.2, -0.15) is 0 Å². The van der Waals surface area contributed by atoms with E-state index in [4.69, 9.17) is 0 Å². The Morgan fingerprint density at radius 1 is 1.26 bits per heavy atom. The van der Waals surface area contributed by atoms with E-state index in [0.29, 0.717) is 23.9 Å². The summed E-state index contributed by atoms with van der Waals surface area (Å²) in [5.74, 6) is 0.501. The van der Waals surface area contributed by atoms with Crippen LogP contribution in [-0.4, -0.2) is 13.1 Å². The van der Waals surface area contributed by atoms with E-state index < -0.39 is 0 Å². The highest BCUT2D eigenvalue weighted by Crippen LogP contribution is 2.33. The van der Waals surface area contributed by atoms with Gasteiger partial charge in [-0.25, -0.2) is 8.78 Å². The summed E-state index contributed by atoms with van der Waals surface area (Å²) in [7, 11) is 1.96. The molecule has 0 bridgehead atoms. The minimum absolute atomic E-state index is 0.283. The maximum Gasteiger partial charge on any atom is 0.126 e. The van der Waals surface area contributed by atoms with Crippen LogP contribution in [0.3, 0.4) is 0 Å². The standard InChI is InChI=1S/C16H23F2N/c1-3-11-4-7-16(19-2)13(8-11)9-12-10-14(17)5-6-15(12)18/h5-6,10-11,13,16,19H,3-4,7-9H2,1-2H3. The molecule has 0 aromatic heterocycles. The van der Waals surface area contributed by atoms with Gasteiger partial charge in [0.2, 0.25) is 0 Å². The van der Waals surface area contributed by atoms with Crippen LogP contribution >= 0.6 is 0 Å². The number of benzene rings is 1. The molecule has 0 heterocycles. The molecule has 1 aliphatic carbocycles. The Hall–Kier alpha value is -0.960. The van der Waals surface area contributed by atoms with Crippen LogP contribution in [-0.2, 0) is 6.42 Å². The molecule has 3 atom stereocenters. The van der Waals surface area contributed by atoms with Gasteiger partial charge < -0.3 is 5.32 Å². The smallest absolute Gasteiger partial charge is 0.126 e. The molecule has 0 radical (unpaired) electrons. The average molecular weight is 267 g/mol. The first-order valence-corrected chi connectivity index (χ1v) is 7.25. The third-order valence-corrected chi connectivity index (χ3v) is 4.53. The van der Waals surface area contributed by atoms with Crippen molar-refractivity contribution < 1.29 is 8.78 Å². The monoisotopic (exact) mass is 267 g/mol. The summed E-state index contributed by atoms with van der Waals surface area (Å²) in [6.45, 7) is 2.21. The van der Waals surface area contributed by atoms with Crippen molar-refractivity contribution in [3.05, 3.63) is 35.4 Å². The van der Waals surface area contributed by atoms with Crippen LogP contribution in [0.2, 0.25) is 0 Å². The lowest BCUT2D eigenvalue weighted by atomic mass is 9.74. The molecule has 1 aromatic rings. The second-order valence-corrected chi connectivity index (χ2v) is 5.68. The van der Waals surface area contributed by atoms with Crippen molar-refractivity contribution in [3.63, 3.8) is 0 Å². The van der Waals surface area contributed by atoms with Crippen molar-refractivity contribution in [1.82, 2.24) is 5.32 Å². The molecule has 3 heteroatoms. The largest absolute Gasteiger partial charge is 0.317 e. The number of rotatable bonds is 4. The molecule has 1 N–H and O–H groups in total. The van der Waals surface area contributed by atoms with E-state index in [1.165, 1.54) is 31.0 Å². The Morgan fingerprint density at radius 3 is 2.74 bits per heavy atom. The summed E-state index contributed by atoms with van der Waals surface area (Å²) in [6.07, 6.45) is 5.29. The summed E-state index contributed by atoms with van der Waals surface area (Å²) < 4.78 is 27.0. The quantitative estimate of drug-likeness (QED) is 0.871. The van der Waals surface area contributed by atoms with Crippen LogP contribution < -0.4 is 5.32 Å². The van der Waals surface area contributed by atoms with E-state index in [-0.39, 0.29) is 11.6 Å². The molecule has 0 aliphatic heterocycles. The van der Waals surface area contributed by atoms with E-state index in [1.807, 2.05) is 7.05 Å². The van der Waals surface area contributed by atoms with Crippen LogP contribution in [0.15, 0.2) is 18.2 Å². The van der Waals surface area contributed by atoms with Crippen LogP contribution in [0.1, 0.15) is 38.2 Å². The summed E-state index contributed by atoms with van der Waals surface area (Å²) in [5, 5.41) is 3.34. The Labute approximate surface area is 114 Å². The molecule has 19 heavy (non-hydrogen) atoms. The van der Waals surface area contributed by atoms with Gasteiger partial charge in [0.25, 0.3) is 0 Å². The van der Waals surface area contributed by atoms with Crippen molar-refractivity contribution in [3.8, 4) is 0 Å². The topological polar surface area (TPSA) is 12.0 Å². The third kappa shape index (κ3) is 3.53. The van der Waals surface area contributed by atoms with Crippen molar-refractivity contribution in [2.45, 2.75) is 45.1 Å². The fraction of sp³-hybridized carbons (Fsp3) is 0.625. The second kappa shape index (κ2) is 6.47. The van der Waals surface area contributed by atoms with E-state index in [2.05, 4.69) is 12.2 Å². The molecule has 3 unspecified atom stereocenters. The van der Waals surface area contributed by atoms with E-state index in [9.17, 15) is 8.78 Å². The van der Waals surface area contributed by atoms with Gasteiger partial charge in [-0.15, -0.1) is 0 Å². The van der Waals surface area contributed by atoms with Crippen molar-refractivity contribution in [2.75, 3.05) is 7.05 Å². The SMILES string of the molecule is CCC1CCC(NC)C(Cc2cc(F)ccc2F)C1. The number of nitrogens with one attached hydrogen (secondary N) is 1. The Bertz CT molecular complexity index is 419. The average Bonchev–Trinajstić information content (AvgIpc) is 2.42. The highest BCUT2D eigenvalue weighted by Gasteiger charge is 2.29. The predicted octanol–water partition coefficient (Wildman–Crippen LogP) is 3.92. The molecular formula is C16H23F2N. The van der Waals surface area contributed by atoms with Crippen LogP contribution in [0.25, 0.3) is 0 Å². The van der Waals surface area contributed by atoms with Crippen LogP contribution in [0.4, 0.5) is 8.78 Å². The molecule has 1 aromatic carbocycles. The number of halogens is 2. The van der Waals surface area contributed by atoms with Gasteiger partial charge in [0.05, 0.1) is 0 Å². The zero-order valence-electron chi connectivity index (χ0n) is 11.8. The Morgan fingerprint density at radius 2 is 2.05 bits per heavy atom. The van der Waals surface area contributed by atoms with Gasteiger partial charge in [0.15, 0.2) is 0 Å². The van der Waals surface area contributed by atoms with Gasteiger partial charge >= 0.3 is 0 Å². The van der Waals surface area contributed by atoms with Gasteiger partial charge in [-0.3, -0.25) is 0 Å². The predicted molar refractivity (Wildman–Crippen MR) is 74.0 cm³/mol. The number of hydrogen-bond donors (Lipinski definition) is 1. The highest BCUT2D eigenvalue weighted by atomic mass is 19.1. The summed E-state index contributed by atoms with van der Waals surface area (Å²) >= 11 is 0. The van der Waals surface area contributed by atoms with Gasteiger partial charge in [-0.05, 0) is 68.3 Å². The van der Waals surface area contributed by atoms with Crippen molar-refractivity contribution >= 4 is 0 Å². The van der Waals surface area contributed by atoms with Crippen LogP contribution in [0, 0.1) is 23.5 Å². The van der Waals surface area contributed by atoms with E-state index in [0.717, 1.165) is 18.8 Å². The fourth-order valence-electron chi connectivity index (χ4n) is 3.32. The summed E-state index contributed by atoms with van der Waals surface area (Å²) in [4.78, 5) is 0. The molecular weight excluding hydrogens is 244 g/mol. The molecule has 2 rings (SSSR count). The third-order valence-electron chi connectivity index (χ3n) is 4.53. The van der Waals surface area contributed by atoms with Gasteiger partial charge in [0.1, 0.15) is 11.6 Å². The summed E-state index contributed by atoms with van der Waals surface area (Å²) in [5.41, 5.74) is 0.516. The lowest BCUT2D eigenvalue weighted by Gasteiger charge is -2.36. The van der Waals surface area contributed by atoms with Crippen molar-refractivity contribution in [2.24, 2.45) is 11.8 Å². The fourth-order valence-corrected chi connectivity index (χ4v) is 3.32. The zero-order valence-corrected chi connectivity index (χ0v) is 11.8. The minimum atomic E-state index is -0.347. The zero-order chi connectivity index (χ0) is 13.8. The maximum absolute atomic E-state index is 13.7. The first kappa shape index (κ1) is 14.4. The lowest BCUT2D eigenvalue weighted by molar-refractivity contribution is 0.204. The minimum Gasteiger partial charge on any atom is -0.317 e. The first-order chi connectivity index (χ1) is 9.13. The molecule has 0 amide bonds. The Balaban J connectivity index is 2.11. The summed E-state index contributed by atoms with van der Waals surface area (Å²) in [6, 6.07) is 4.19. The van der Waals surface area contributed by atoms with Gasteiger partial charge in [0, 0.05) is 6.04 Å². The van der Waals surface area contributed by atoms with Crippen LogP contribution in [0.5, 0.6) is 0 Å². The second-order valence-electron chi connectivity index (χ2n) is 5.68. The van der Waals surface area contributed by atoms with E-state index in [1.54, 1.807) is 0 Å². The highest BCUT2D eigenvalue weighted by molar-refractivity contribution is 5.19. The molecule has 1 saturated carbocycles. The first-order valence-electron chi connectivity index (χ1n) is 7.25. The molecule has 106 valence electrons. The molecule has 0 spiro atoms. The Kier molecular flexibility index (Phi) is 4.92. The van der Waals surface area contributed by atoms with E-state index >= 15 is 0 Å². The molecule has 1 fully saturated rings. The molecule has 0 saturated heterocycles.